The maximum Gasteiger partial charge on any atom is 0.338 e. The molecule has 2 aromatic rings. The Morgan fingerprint density at radius 1 is 1.38 bits per heavy atom. The van der Waals surface area contributed by atoms with Crippen molar-refractivity contribution in [3.8, 4) is 11.3 Å². The number of carboxylic acids is 1. The van der Waals surface area contributed by atoms with Crippen molar-refractivity contribution < 1.29 is 9.90 Å². The molecule has 0 radical (unpaired) electrons. The molecule has 4 nitrogen and oxygen atoms in total. The van der Waals surface area contributed by atoms with E-state index in [2.05, 4.69) is 4.98 Å². The van der Waals surface area contributed by atoms with Gasteiger partial charge in [-0.3, -0.25) is 4.98 Å². The molecule has 0 amide bonds. The zero-order chi connectivity index (χ0) is 11.7. The lowest BCUT2D eigenvalue weighted by Gasteiger charge is -2.05. The predicted octanol–water partition coefficient (Wildman–Crippen LogP) is 2.09. The molecular formula is C12H12N2O2. The molecule has 82 valence electrons. The second-order valence-electron chi connectivity index (χ2n) is 3.69. The Labute approximate surface area is 93.2 Å². The summed E-state index contributed by atoms with van der Waals surface area (Å²) in [6.07, 6.45) is 5.13. The molecule has 1 N–H and O–H groups in total. The molecule has 0 bridgehead atoms. The van der Waals surface area contributed by atoms with Crippen LogP contribution in [0.5, 0.6) is 0 Å². The van der Waals surface area contributed by atoms with Gasteiger partial charge in [-0.15, -0.1) is 0 Å². The second-order valence-corrected chi connectivity index (χ2v) is 3.69. The molecule has 0 unspecified atom stereocenters. The Hall–Kier alpha value is -2.10. The van der Waals surface area contributed by atoms with Crippen molar-refractivity contribution in [3.05, 3.63) is 41.9 Å². The number of carbonyl (C=O) groups is 1. The zero-order valence-corrected chi connectivity index (χ0v) is 9.14. The molecule has 2 rings (SSSR count). The maximum atomic E-state index is 11.2. The average Bonchev–Trinajstić information content (AvgIpc) is 2.55. The first-order chi connectivity index (χ1) is 7.61. The number of rotatable bonds is 2. The molecule has 0 aliphatic carbocycles. The number of aryl methyl sites for hydroxylation is 2. The molecule has 0 aliphatic rings. The Bertz CT molecular complexity index is 529. The van der Waals surface area contributed by atoms with Gasteiger partial charge in [-0.1, -0.05) is 0 Å². The van der Waals surface area contributed by atoms with E-state index >= 15 is 0 Å². The summed E-state index contributed by atoms with van der Waals surface area (Å²) in [6.45, 7) is 1.80. The number of hydrogen-bond acceptors (Lipinski definition) is 2. The van der Waals surface area contributed by atoms with Gasteiger partial charge >= 0.3 is 5.97 Å². The first kappa shape index (κ1) is 10.4. The van der Waals surface area contributed by atoms with Gasteiger partial charge in [0.2, 0.25) is 0 Å². The summed E-state index contributed by atoms with van der Waals surface area (Å²) in [4.78, 5) is 15.1. The fraction of sp³-hybridized carbons (Fsp3) is 0.167. The van der Waals surface area contributed by atoms with Gasteiger partial charge in [-0.25, -0.2) is 4.79 Å². The van der Waals surface area contributed by atoms with Crippen LogP contribution in [0.25, 0.3) is 11.3 Å². The van der Waals surface area contributed by atoms with E-state index in [0.717, 1.165) is 11.1 Å². The summed E-state index contributed by atoms with van der Waals surface area (Å²) in [5.74, 6) is -0.898. The highest BCUT2D eigenvalue weighted by Crippen LogP contribution is 2.26. The van der Waals surface area contributed by atoms with E-state index in [-0.39, 0.29) is 0 Å². The number of pyridine rings is 1. The fourth-order valence-corrected chi connectivity index (χ4v) is 1.91. The Morgan fingerprint density at radius 2 is 2.00 bits per heavy atom. The van der Waals surface area contributed by atoms with E-state index in [1.54, 1.807) is 31.5 Å². The van der Waals surface area contributed by atoms with Crippen molar-refractivity contribution >= 4 is 5.97 Å². The van der Waals surface area contributed by atoms with Gasteiger partial charge < -0.3 is 9.67 Å². The minimum Gasteiger partial charge on any atom is -0.478 e. The fourth-order valence-electron chi connectivity index (χ4n) is 1.91. The second kappa shape index (κ2) is 3.81. The molecule has 2 heterocycles. The summed E-state index contributed by atoms with van der Waals surface area (Å²) < 4.78 is 1.83. The van der Waals surface area contributed by atoms with Crippen molar-refractivity contribution in [3.63, 3.8) is 0 Å². The molecule has 0 atom stereocenters. The molecule has 0 aliphatic heterocycles. The van der Waals surface area contributed by atoms with Gasteiger partial charge in [0.15, 0.2) is 0 Å². The SMILES string of the molecule is Cc1cn(C)c(-c2ccncc2)c1C(=O)O. The number of aromatic carboxylic acids is 1. The van der Waals surface area contributed by atoms with Crippen molar-refractivity contribution in [2.24, 2.45) is 7.05 Å². The van der Waals surface area contributed by atoms with Crippen molar-refractivity contribution in [1.29, 1.82) is 0 Å². The van der Waals surface area contributed by atoms with Crippen molar-refractivity contribution in [2.45, 2.75) is 6.92 Å². The summed E-state index contributed by atoms with van der Waals surface area (Å²) in [5.41, 5.74) is 2.70. The number of aromatic nitrogens is 2. The lowest BCUT2D eigenvalue weighted by atomic mass is 10.1. The van der Waals surface area contributed by atoms with E-state index in [1.165, 1.54) is 0 Å². The minimum absolute atomic E-state index is 0.355. The van der Waals surface area contributed by atoms with E-state index in [9.17, 15) is 9.90 Å². The topological polar surface area (TPSA) is 55.1 Å². The normalized spacial score (nSPS) is 10.4. The van der Waals surface area contributed by atoms with Crippen LogP contribution in [0.15, 0.2) is 30.7 Å². The van der Waals surface area contributed by atoms with Crippen LogP contribution < -0.4 is 0 Å². The van der Waals surface area contributed by atoms with Crippen LogP contribution in [-0.2, 0) is 7.05 Å². The molecule has 0 aromatic carbocycles. The van der Waals surface area contributed by atoms with Gasteiger partial charge in [0, 0.05) is 31.2 Å². The molecule has 0 saturated heterocycles. The van der Waals surface area contributed by atoms with Gasteiger partial charge in [0.1, 0.15) is 0 Å². The van der Waals surface area contributed by atoms with E-state index < -0.39 is 5.97 Å². The predicted molar refractivity (Wildman–Crippen MR) is 60.3 cm³/mol. The van der Waals surface area contributed by atoms with Crippen LogP contribution in [0.3, 0.4) is 0 Å². The summed E-state index contributed by atoms with van der Waals surface area (Å²) in [6, 6.07) is 3.61. The van der Waals surface area contributed by atoms with Crippen molar-refractivity contribution in [2.75, 3.05) is 0 Å². The smallest absolute Gasteiger partial charge is 0.338 e. The van der Waals surface area contributed by atoms with Gasteiger partial charge in [-0.05, 0) is 24.6 Å². The molecule has 0 saturated carbocycles. The first-order valence-electron chi connectivity index (χ1n) is 4.91. The summed E-state index contributed by atoms with van der Waals surface area (Å²) >= 11 is 0. The number of hydrogen-bond donors (Lipinski definition) is 1. The molecule has 16 heavy (non-hydrogen) atoms. The van der Waals surface area contributed by atoms with Crippen LogP contribution in [0.2, 0.25) is 0 Å². The zero-order valence-electron chi connectivity index (χ0n) is 9.14. The first-order valence-corrected chi connectivity index (χ1v) is 4.91. The minimum atomic E-state index is -0.898. The molecule has 0 fully saturated rings. The van der Waals surface area contributed by atoms with E-state index in [1.807, 2.05) is 17.8 Å². The quantitative estimate of drug-likeness (QED) is 0.836. The van der Waals surface area contributed by atoms with Gasteiger partial charge in [0.25, 0.3) is 0 Å². The number of nitrogens with zero attached hydrogens (tertiary/aromatic N) is 2. The Balaban J connectivity index is 2.69. The highest BCUT2D eigenvalue weighted by molar-refractivity contribution is 5.96. The molecule has 2 aromatic heterocycles. The van der Waals surface area contributed by atoms with Crippen LogP contribution in [0, 0.1) is 6.92 Å². The Morgan fingerprint density at radius 3 is 2.56 bits per heavy atom. The van der Waals surface area contributed by atoms with Crippen LogP contribution in [-0.4, -0.2) is 20.6 Å². The highest BCUT2D eigenvalue weighted by Gasteiger charge is 2.18. The van der Waals surface area contributed by atoms with E-state index in [4.69, 9.17) is 0 Å². The van der Waals surface area contributed by atoms with Crippen LogP contribution in [0.1, 0.15) is 15.9 Å². The highest BCUT2D eigenvalue weighted by atomic mass is 16.4. The lowest BCUT2D eigenvalue weighted by molar-refractivity contribution is 0.0697. The van der Waals surface area contributed by atoms with Crippen molar-refractivity contribution in [1.82, 2.24) is 9.55 Å². The third kappa shape index (κ3) is 1.58. The van der Waals surface area contributed by atoms with Crippen LogP contribution >= 0.6 is 0 Å². The third-order valence-corrected chi connectivity index (χ3v) is 2.54. The monoisotopic (exact) mass is 216 g/mol. The van der Waals surface area contributed by atoms with Gasteiger partial charge in [0.05, 0.1) is 11.3 Å². The Kier molecular flexibility index (Phi) is 2.48. The summed E-state index contributed by atoms with van der Waals surface area (Å²) in [7, 11) is 1.84. The largest absolute Gasteiger partial charge is 0.478 e. The summed E-state index contributed by atoms with van der Waals surface area (Å²) in [5, 5.41) is 9.19. The average molecular weight is 216 g/mol. The lowest BCUT2D eigenvalue weighted by Crippen LogP contribution is -2.01. The number of carboxylic acid groups (broad SMARTS) is 1. The third-order valence-electron chi connectivity index (χ3n) is 2.54. The van der Waals surface area contributed by atoms with E-state index in [0.29, 0.717) is 11.3 Å². The van der Waals surface area contributed by atoms with Gasteiger partial charge in [-0.2, -0.15) is 0 Å². The molecular weight excluding hydrogens is 204 g/mol. The maximum absolute atomic E-state index is 11.2. The molecule has 0 spiro atoms. The van der Waals surface area contributed by atoms with Crippen LogP contribution in [0.4, 0.5) is 0 Å². The standard InChI is InChI=1S/C12H12N2O2/c1-8-7-14(2)11(10(8)12(15)16)9-3-5-13-6-4-9/h3-7H,1-2H3,(H,15,16). The molecule has 4 heteroatoms.